The highest BCUT2D eigenvalue weighted by molar-refractivity contribution is 5.95. The Morgan fingerprint density at radius 2 is 2.27 bits per heavy atom. The van der Waals surface area contributed by atoms with Crippen LogP contribution in [-0.2, 0) is 11.2 Å². The molecule has 1 saturated heterocycles. The molecule has 0 N–H and O–H groups in total. The van der Waals surface area contributed by atoms with Crippen LogP contribution in [0.5, 0.6) is 5.75 Å². The van der Waals surface area contributed by atoms with E-state index in [0.717, 1.165) is 24.4 Å². The quantitative estimate of drug-likeness (QED) is 0.766. The van der Waals surface area contributed by atoms with Crippen LogP contribution in [0.2, 0.25) is 0 Å². The SMILES string of the molecule is Cc1cc(OCC2CCO2)cc(C(=O)Cc2ccccn2)n1. The van der Waals surface area contributed by atoms with Gasteiger partial charge in [0.15, 0.2) is 5.78 Å². The molecule has 1 aliphatic heterocycles. The van der Waals surface area contributed by atoms with Crippen LogP contribution >= 0.6 is 0 Å². The van der Waals surface area contributed by atoms with E-state index in [1.165, 1.54) is 0 Å². The first-order valence-corrected chi connectivity index (χ1v) is 7.37. The maximum Gasteiger partial charge on any atom is 0.187 e. The normalized spacial score (nSPS) is 16.9. The zero-order chi connectivity index (χ0) is 15.4. The number of Topliss-reactive ketones (excluding diaryl/α,β-unsaturated/α-hetero) is 1. The van der Waals surface area contributed by atoms with Crippen LogP contribution in [0.15, 0.2) is 36.5 Å². The minimum Gasteiger partial charge on any atom is -0.491 e. The molecule has 0 aromatic carbocycles. The molecule has 114 valence electrons. The molecule has 3 rings (SSSR count). The van der Waals surface area contributed by atoms with Crippen molar-refractivity contribution in [3.8, 4) is 5.75 Å². The highest BCUT2D eigenvalue weighted by Crippen LogP contribution is 2.18. The molecule has 0 radical (unpaired) electrons. The summed E-state index contributed by atoms with van der Waals surface area (Å²) in [5.74, 6) is 0.597. The molecule has 0 bridgehead atoms. The first kappa shape index (κ1) is 14.7. The standard InChI is InChI=1S/C17H18N2O3/c1-12-8-15(22-11-14-5-7-21-14)10-16(19-12)17(20)9-13-4-2-3-6-18-13/h2-4,6,8,10,14H,5,7,9,11H2,1H3. The van der Waals surface area contributed by atoms with Gasteiger partial charge in [0.2, 0.25) is 0 Å². The van der Waals surface area contributed by atoms with E-state index in [9.17, 15) is 4.79 Å². The maximum absolute atomic E-state index is 12.3. The van der Waals surface area contributed by atoms with Crippen molar-refractivity contribution in [1.82, 2.24) is 9.97 Å². The van der Waals surface area contributed by atoms with Crippen molar-refractivity contribution in [2.45, 2.75) is 25.9 Å². The van der Waals surface area contributed by atoms with Crippen LogP contribution in [0.1, 0.15) is 28.3 Å². The van der Waals surface area contributed by atoms with E-state index in [2.05, 4.69) is 9.97 Å². The van der Waals surface area contributed by atoms with Crippen molar-refractivity contribution in [2.75, 3.05) is 13.2 Å². The fraction of sp³-hybridized carbons (Fsp3) is 0.353. The molecular weight excluding hydrogens is 280 g/mol. The molecule has 0 amide bonds. The summed E-state index contributed by atoms with van der Waals surface area (Å²) >= 11 is 0. The second kappa shape index (κ2) is 6.66. The van der Waals surface area contributed by atoms with E-state index < -0.39 is 0 Å². The summed E-state index contributed by atoms with van der Waals surface area (Å²) < 4.78 is 11.0. The number of rotatable bonds is 6. The van der Waals surface area contributed by atoms with E-state index in [4.69, 9.17) is 9.47 Å². The lowest BCUT2D eigenvalue weighted by Crippen LogP contribution is -2.32. The van der Waals surface area contributed by atoms with Gasteiger partial charge >= 0.3 is 0 Å². The van der Waals surface area contributed by atoms with Crippen LogP contribution in [0.3, 0.4) is 0 Å². The van der Waals surface area contributed by atoms with Crippen molar-refractivity contribution in [2.24, 2.45) is 0 Å². The predicted octanol–water partition coefficient (Wildman–Crippen LogP) is 2.38. The molecule has 22 heavy (non-hydrogen) atoms. The molecule has 0 aliphatic carbocycles. The molecule has 5 nitrogen and oxygen atoms in total. The molecule has 1 fully saturated rings. The number of pyridine rings is 2. The van der Waals surface area contributed by atoms with Crippen molar-refractivity contribution < 1.29 is 14.3 Å². The number of ketones is 1. The van der Waals surface area contributed by atoms with Crippen LogP contribution in [0.4, 0.5) is 0 Å². The third-order valence-electron chi connectivity index (χ3n) is 3.51. The highest BCUT2D eigenvalue weighted by atomic mass is 16.5. The lowest BCUT2D eigenvalue weighted by atomic mass is 10.1. The summed E-state index contributed by atoms with van der Waals surface area (Å²) in [5, 5.41) is 0. The summed E-state index contributed by atoms with van der Waals surface area (Å²) in [5.41, 5.74) is 1.91. The number of carbonyl (C=O) groups is 1. The van der Waals surface area contributed by atoms with Crippen LogP contribution in [0, 0.1) is 6.92 Å². The zero-order valence-corrected chi connectivity index (χ0v) is 12.5. The maximum atomic E-state index is 12.3. The number of carbonyl (C=O) groups excluding carboxylic acids is 1. The molecule has 0 saturated carbocycles. The first-order valence-electron chi connectivity index (χ1n) is 7.37. The molecule has 5 heteroatoms. The highest BCUT2D eigenvalue weighted by Gasteiger charge is 2.19. The Bertz CT molecular complexity index is 654. The Morgan fingerprint density at radius 1 is 1.41 bits per heavy atom. The summed E-state index contributed by atoms with van der Waals surface area (Å²) in [4.78, 5) is 20.8. The van der Waals surface area contributed by atoms with E-state index in [1.54, 1.807) is 12.3 Å². The summed E-state index contributed by atoms with van der Waals surface area (Å²) in [6, 6.07) is 9.05. The van der Waals surface area contributed by atoms with Gasteiger partial charge in [-0.25, -0.2) is 4.98 Å². The smallest absolute Gasteiger partial charge is 0.187 e. The summed E-state index contributed by atoms with van der Waals surface area (Å²) in [6.07, 6.45) is 3.11. The van der Waals surface area contributed by atoms with Gasteiger partial charge in [0, 0.05) is 42.7 Å². The summed E-state index contributed by atoms with van der Waals surface area (Å²) in [6.45, 7) is 3.17. The Kier molecular flexibility index (Phi) is 4.44. The monoisotopic (exact) mass is 298 g/mol. The number of ether oxygens (including phenoxy) is 2. The van der Waals surface area contributed by atoms with Crippen LogP contribution < -0.4 is 4.74 Å². The van der Waals surface area contributed by atoms with Crippen molar-refractivity contribution in [3.63, 3.8) is 0 Å². The molecule has 0 spiro atoms. The largest absolute Gasteiger partial charge is 0.491 e. The van der Waals surface area contributed by atoms with E-state index in [0.29, 0.717) is 18.1 Å². The van der Waals surface area contributed by atoms with Crippen molar-refractivity contribution in [1.29, 1.82) is 0 Å². The van der Waals surface area contributed by atoms with Gasteiger partial charge in [-0.1, -0.05) is 6.07 Å². The first-order chi connectivity index (χ1) is 10.7. The second-order valence-electron chi connectivity index (χ2n) is 5.34. The predicted molar refractivity (Wildman–Crippen MR) is 81.1 cm³/mol. The third kappa shape index (κ3) is 3.68. The molecular formula is C17H18N2O3. The number of aromatic nitrogens is 2. The van der Waals surface area contributed by atoms with Gasteiger partial charge in [-0.15, -0.1) is 0 Å². The molecule has 2 aromatic heterocycles. The van der Waals surface area contributed by atoms with Gasteiger partial charge in [-0.2, -0.15) is 0 Å². The van der Waals surface area contributed by atoms with E-state index in [-0.39, 0.29) is 18.3 Å². The Hall–Kier alpha value is -2.27. The molecule has 3 heterocycles. The Morgan fingerprint density at radius 3 is 2.95 bits per heavy atom. The van der Waals surface area contributed by atoms with Crippen LogP contribution in [-0.4, -0.2) is 35.1 Å². The van der Waals surface area contributed by atoms with Gasteiger partial charge in [0.1, 0.15) is 18.1 Å². The second-order valence-corrected chi connectivity index (χ2v) is 5.34. The van der Waals surface area contributed by atoms with Gasteiger partial charge in [-0.3, -0.25) is 9.78 Å². The average Bonchev–Trinajstić information content (AvgIpc) is 2.46. The van der Waals surface area contributed by atoms with Gasteiger partial charge in [0.25, 0.3) is 0 Å². The Balaban J connectivity index is 1.69. The fourth-order valence-corrected chi connectivity index (χ4v) is 2.23. The number of hydrogen-bond acceptors (Lipinski definition) is 5. The molecule has 1 unspecified atom stereocenters. The molecule has 1 atom stereocenters. The van der Waals surface area contributed by atoms with E-state index >= 15 is 0 Å². The zero-order valence-electron chi connectivity index (χ0n) is 12.5. The average molecular weight is 298 g/mol. The van der Waals surface area contributed by atoms with E-state index in [1.807, 2.05) is 31.2 Å². The van der Waals surface area contributed by atoms with Crippen molar-refractivity contribution >= 4 is 5.78 Å². The third-order valence-corrected chi connectivity index (χ3v) is 3.51. The lowest BCUT2D eigenvalue weighted by Gasteiger charge is -2.26. The van der Waals surface area contributed by atoms with Gasteiger partial charge < -0.3 is 9.47 Å². The van der Waals surface area contributed by atoms with Crippen molar-refractivity contribution in [3.05, 3.63) is 53.6 Å². The number of hydrogen-bond donors (Lipinski definition) is 0. The lowest BCUT2D eigenvalue weighted by molar-refractivity contribution is -0.0721. The minimum atomic E-state index is -0.0628. The minimum absolute atomic E-state index is 0.0628. The topological polar surface area (TPSA) is 61.3 Å². The van der Waals surface area contributed by atoms with Crippen LogP contribution in [0.25, 0.3) is 0 Å². The molecule has 2 aromatic rings. The fourth-order valence-electron chi connectivity index (χ4n) is 2.23. The van der Waals surface area contributed by atoms with Gasteiger partial charge in [0.05, 0.1) is 12.5 Å². The Labute approximate surface area is 129 Å². The number of aryl methyl sites for hydroxylation is 1. The summed E-state index contributed by atoms with van der Waals surface area (Å²) in [7, 11) is 0. The number of nitrogens with zero attached hydrogens (tertiary/aromatic N) is 2. The molecule has 1 aliphatic rings. The van der Waals surface area contributed by atoms with Gasteiger partial charge in [-0.05, 0) is 19.1 Å².